The van der Waals surface area contributed by atoms with Crippen molar-refractivity contribution in [2.75, 3.05) is 31.2 Å². The zero-order valence-corrected chi connectivity index (χ0v) is 13.5. The van der Waals surface area contributed by atoms with Gasteiger partial charge in [0.2, 0.25) is 5.95 Å². The quantitative estimate of drug-likeness (QED) is 0.747. The number of imidazole rings is 1. The molecule has 0 N–H and O–H groups in total. The molecular weight excluding hydrogens is 326 g/mol. The molecule has 10 heteroatoms. The molecule has 1 saturated heterocycles. The Labute approximate surface area is 136 Å². The third-order valence-corrected chi connectivity index (χ3v) is 4.56. The Balaban J connectivity index is 1.73. The van der Waals surface area contributed by atoms with Gasteiger partial charge >= 0.3 is 6.55 Å². The molecule has 7 nitrogen and oxygen atoms in total. The molecule has 0 bridgehead atoms. The van der Waals surface area contributed by atoms with E-state index >= 15 is 0 Å². The second-order valence-electron chi connectivity index (χ2n) is 4.94. The van der Waals surface area contributed by atoms with Crippen molar-refractivity contribution in [2.24, 2.45) is 0 Å². The Morgan fingerprint density at radius 1 is 1.30 bits per heavy atom. The molecule has 0 aromatic carbocycles. The van der Waals surface area contributed by atoms with Crippen LogP contribution in [0.2, 0.25) is 0 Å². The van der Waals surface area contributed by atoms with E-state index in [1.54, 1.807) is 0 Å². The van der Waals surface area contributed by atoms with Gasteiger partial charge in [0.15, 0.2) is 5.16 Å². The molecule has 0 spiro atoms. The van der Waals surface area contributed by atoms with Gasteiger partial charge in [-0.15, -0.1) is 10.2 Å². The van der Waals surface area contributed by atoms with Gasteiger partial charge in [-0.25, -0.2) is 4.98 Å². The average molecular weight is 344 g/mol. The van der Waals surface area contributed by atoms with E-state index in [0.717, 1.165) is 23.6 Å². The molecule has 1 fully saturated rings. The normalized spacial score (nSPS) is 15.6. The van der Waals surface area contributed by atoms with Crippen molar-refractivity contribution in [1.29, 1.82) is 0 Å². The third kappa shape index (κ3) is 3.47. The van der Waals surface area contributed by atoms with E-state index in [2.05, 4.69) is 20.1 Å². The van der Waals surface area contributed by atoms with Crippen molar-refractivity contribution < 1.29 is 13.5 Å². The van der Waals surface area contributed by atoms with Crippen LogP contribution in [0.4, 0.5) is 14.7 Å². The van der Waals surface area contributed by atoms with Crippen LogP contribution in [0.5, 0.6) is 0 Å². The molecular formula is C13H18F2N6OS. The number of nitrogens with zero attached hydrogens (tertiary/aromatic N) is 6. The summed E-state index contributed by atoms with van der Waals surface area (Å²) in [6.07, 6.45) is 2.66. The molecule has 0 atom stereocenters. The van der Waals surface area contributed by atoms with E-state index < -0.39 is 6.55 Å². The second-order valence-corrected chi connectivity index (χ2v) is 5.89. The molecule has 0 radical (unpaired) electrons. The first-order chi connectivity index (χ1) is 11.2. The number of rotatable bonds is 6. The third-order valence-electron chi connectivity index (χ3n) is 3.60. The van der Waals surface area contributed by atoms with Gasteiger partial charge in [0.1, 0.15) is 5.82 Å². The zero-order valence-electron chi connectivity index (χ0n) is 12.7. The van der Waals surface area contributed by atoms with Gasteiger partial charge in [-0.2, -0.15) is 8.78 Å². The smallest absolute Gasteiger partial charge is 0.319 e. The molecule has 126 valence electrons. The summed E-state index contributed by atoms with van der Waals surface area (Å²) >= 11 is 1.36. The van der Waals surface area contributed by atoms with Crippen molar-refractivity contribution in [1.82, 2.24) is 24.3 Å². The summed E-state index contributed by atoms with van der Waals surface area (Å²) in [5.41, 5.74) is 0. The molecule has 0 aliphatic carbocycles. The highest BCUT2D eigenvalue weighted by Gasteiger charge is 2.20. The minimum absolute atomic E-state index is 0.318. The van der Waals surface area contributed by atoms with Crippen LogP contribution in [-0.2, 0) is 17.0 Å². The van der Waals surface area contributed by atoms with Gasteiger partial charge in [-0.05, 0) is 6.92 Å². The highest BCUT2D eigenvalue weighted by Crippen LogP contribution is 2.26. The summed E-state index contributed by atoms with van der Waals surface area (Å²) in [5, 5.41) is 9.17. The van der Waals surface area contributed by atoms with Crippen molar-refractivity contribution >= 4 is 17.7 Å². The highest BCUT2D eigenvalue weighted by molar-refractivity contribution is 7.98. The molecule has 2 aromatic rings. The van der Waals surface area contributed by atoms with Crippen LogP contribution in [0.1, 0.15) is 19.3 Å². The lowest BCUT2D eigenvalue weighted by molar-refractivity contribution is 0.0678. The number of aromatic nitrogens is 5. The fourth-order valence-electron chi connectivity index (χ4n) is 2.42. The predicted octanol–water partition coefficient (Wildman–Crippen LogP) is 2.02. The second kappa shape index (κ2) is 7.26. The molecule has 3 heterocycles. The maximum absolute atomic E-state index is 12.8. The number of alkyl halides is 2. The fourth-order valence-corrected chi connectivity index (χ4v) is 3.37. The van der Waals surface area contributed by atoms with Gasteiger partial charge in [-0.1, -0.05) is 11.8 Å². The number of anilines is 1. The van der Waals surface area contributed by atoms with Crippen molar-refractivity contribution in [3.63, 3.8) is 0 Å². The number of hydrogen-bond donors (Lipinski definition) is 0. The number of morpholine rings is 1. The lowest BCUT2D eigenvalue weighted by atomic mass is 10.4. The van der Waals surface area contributed by atoms with E-state index in [4.69, 9.17) is 4.74 Å². The van der Waals surface area contributed by atoms with Gasteiger partial charge in [0, 0.05) is 32.0 Å². The fraction of sp³-hybridized carbons (Fsp3) is 0.615. The Morgan fingerprint density at radius 2 is 2.09 bits per heavy atom. The van der Waals surface area contributed by atoms with Crippen molar-refractivity contribution in [3.8, 4) is 0 Å². The summed E-state index contributed by atoms with van der Waals surface area (Å²) < 4.78 is 33.9. The highest BCUT2D eigenvalue weighted by atomic mass is 32.2. The van der Waals surface area contributed by atoms with Crippen LogP contribution in [0.25, 0.3) is 0 Å². The van der Waals surface area contributed by atoms with Crippen molar-refractivity contribution in [3.05, 3.63) is 18.2 Å². The zero-order chi connectivity index (χ0) is 16.2. The first-order valence-electron chi connectivity index (χ1n) is 7.39. The minimum Gasteiger partial charge on any atom is -0.378 e. The lowest BCUT2D eigenvalue weighted by Gasteiger charge is -2.27. The van der Waals surface area contributed by atoms with Crippen LogP contribution in [-0.4, -0.2) is 50.6 Å². The summed E-state index contributed by atoms with van der Waals surface area (Å²) in [6, 6.07) is 0. The summed E-state index contributed by atoms with van der Waals surface area (Å²) in [5.74, 6) is 1.44. The van der Waals surface area contributed by atoms with E-state index in [1.807, 2.05) is 11.5 Å². The predicted molar refractivity (Wildman–Crippen MR) is 81.8 cm³/mol. The van der Waals surface area contributed by atoms with Crippen LogP contribution in [0.3, 0.4) is 0 Å². The topological polar surface area (TPSA) is 61.0 Å². The minimum atomic E-state index is -2.58. The molecule has 0 saturated carbocycles. The molecule has 23 heavy (non-hydrogen) atoms. The van der Waals surface area contributed by atoms with Crippen molar-refractivity contribution in [2.45, 2.75) is 30.9 Å². The average Bonchev–Trinajstić information content (AvgIpc) is 3.20. The molecule has 2 aromatic heterocycles. The summed E-state index contributed by atoms with van der Waals surface area (Å²) in [4.78, 5) is 6.11. The largest absolute Gasteiger partial charge is 0.378 e. The van der Waals surface area contributed by atoms with Crippen LogP contribution < -0.4 is 4.90 Å². The molecule has 3 rings (SSSR count). The first-order valence-corrected chi connectivity index (χ1v) is 8.37. The maximum Gasteiger partial charge on any atom is 0.319 e. The number of ether oxygens (including phenoxy) is 1. The van der Waals surface area contributed by atoms with Crippen LogP contribution >= 0.6 is 11.8 Å². The maximum atomic E-state index is 12.8. The van der Waals surface area contributed by atoms with E-state index in [9.17, 15) is 8.78 Å². The standard InChI is InChI=1S/C13H18F2N6OS/c1-2-20-12(19-5-7-22-8-6-19)17-18-13(20)23-9-10-16-3-4-21(10)11(14)15/h3-4,11H,2,5-9H2,1H3. The van der Waals surface area contributed by atoms with Gasteiger partial charge in [0.25, 0.3) is 0 Å². The Hall–Kier alpha value is -1.68. The van der Waals surface area contributed by atoms with Gasteiger partial charge in [-0.3, -0.25) is 9.13 Å². The monoisotopic (exact) mass is 344 g/mol. The first kappa shape index (κ1) is 16.2. The number of hydrogen-bond acceptors (Lipinski definition) is 6. The van der Waals surface area contributed by atoms with Gasteiger partial charge in [0.05, 0.1) is 19.0 Å². The summed E-state index contributed by atoms with van der Waals surface area (Å²) in [6.45, 7) is 3.04. The van der Waals surface area contributed by atoms with E-state index in [1.165, 1.54) is 24.2 Å². The Kier molecular flexibility index (Phi) is 5.11. The Bertz CT molecular complexity index is 640. The molecule has 0 amide bonds. The van der Waals surface area contributed by atoms with Gasteiger partial charge < -0.3 is 9.64 Å². The Morgan fingerprint density at radius 3 is 2.78 bits per heavy atom. The van der Waals surface area contributed by atoms with Crippen LogP contribution in [0.15, 0.2) is 17.6 Å². The SMILES string of the molecule is CCn1c(SCc2nccn2C(F)F)nnc1N1CCOCC1. The number of thioether (sulfide) groups is 1. The molecule has 1 aliphatic rings. The molecule has 0 unspecified atom stereocenters. The van der Waals surface area contributed by atoms with E-state index in [0.29, 0.717) is 36.5 Å². The van der Waals surface area contributed by atoms with E-state index in [-0.39, 0.29) is 0 Å². The summed E-state index contributed by atoms with van der Waals surface area (Å²) in [7, 11) is 0. The lowest BCUT2D eigenvalue weighted by Crippen LogP contribution is -2.38. The number of halogens is 2. The molecule has 1 aliphatic heterocycles. The van der Waals surface area contributed by atoms with Crippen LogP contribution in [0, 0.1) is 0 Å².